The molecule has 5 aliphatic rings. The molecule has 17 atom stereocenters. The second-order valence-electron chi connectivity index (χ2n) is 12.4. The van der Waals surface area contributed by atoms with Crippen LogP contribution >= 0.6 is 0 Å². The van der Waals surface area contributed by atoms with Gasteiger partial charge in [-0.25, -0.2) is 0 Å². The van der Waals surface area contributed by atoms with Crippen molar-refractivity contribution in [3.63, 3.8) is 0 Å². The molecule has 2 saturated heterocycles. The Labute approximate surface area is 253 Å². The van der Waals surface area contributed by atoms with Crippen molar-refractivity contribution < 1.29 is 79.2 Å². The lowest BCUT2D eigenvalue weighted by Crippen LogP contribution is -2.61. The fourth-order valence-electron chi connectivity index (χ4n) is 6.75. The van der Waals surface area contributed by atoms with Crippen LogP contribution in [0.15, 0.2) is 11.5 Å². The summed E-state index contributed by atoms with van der Waals surface area (Å²) in [5, 5.41) is 93.5. The molecular formula is C28H44O16. The van der Waals surface area contributed by atoms with Crippen LogP contribution in [0, 0.1) is 11.8 Å². The summed E-state index contributed by atoms with van der Waals surface area (Å²) in [4.78, 5) is 13.9. The Morgan fingerprint density at radius 2 is 1.45 bits per heavy atom. The summed E-state index contributed by atoms with van der Waals surface area (Å²) >= 11 is 0. The maximum atomic E-state index is 13.9. The Morgan fingerprint density at radius 1 is 0.773 bits per heavy atom. The number of aliphatic hydroxyl groups excluding tert-OH is 9. The molecule has 0 radical (unpaired) electrons. The predicted molar refractivity (Wildman–Crippen MR) is 142 cm³/mol. The van der Waals surface area contributed by atoms with Crippen LogP contribution in [-0.4, -0.2) is 157 Å². The molecule has 0 bridgehead atoms. The molecule has 252 valence electrons. The molecule has 0 aromatic rings. The molecule has 44 heavy (non-hydrogen) atoms. The minimum absolute atomic E-state index is 0.0629. The highest BCUT2D eigenvalue weighted by atomic mass is 16.7. The van der Waals surface area contributed by atoms with E-state index < -0.39 is 116 Å². The molecule has 0 aromatic heterocycles. The minimum atomic E-state index is -1.85. The van der Waals surface area contributed by atoms with Gasteiger partial charge in [-0.05, 0) is 26.2 Å². The molecule has 9 N–H and O–H groups in total. The average molecular weight is 637 g/mol. The van der Waals surface area contributed by atoms with Gasteiger partial charge in [-0.1, -0.05) is 0 Å². The van der Waals surface area contributed by atoms with Crippen molar-refractivity contribution in [1.82, 2.24) is 0 Å². The summed E-state index contributed by atoms with van der Waals surface area (Å²) in [6, 6.07) is 0. The molecule has 3 heterocycles. The van der Waals surface area contributed by atoms with Crippen molar-refractivity contribution >= 4 is 5.78 Å². The van der Waals surface area contributed by atoms with Gasteiger partial charge in [-0.3, -0.25) is 4.79 Å². The maximum absolute atomic E-state index is 13.9. The number of ketones is 1. The molecule has 4 fully saturated rings. The lowest BCUT2D eigenvalue weighted by Gasteiger charge is -2.45. The quantitative estimate of drug-likeness (QED) is 0.130. The lowest BCUT2D eigenvalue weighted by atomic mass is 9.75. The molecule has 0 aromatic carbocycles. The lowest BCUT2D eigenvalue weighted by molar-refractivity contribution is -0.324. The molecule has 2 saturated carbocycles. The summed E-state index contributed by atoms with van der Waals surface area (Å²) in [7, 11) is 1.45. The van der Waals surface area contributed by atoms with E-state index in [0.29, 0.717) is 12.8 Å². The largest absolute Gasteiger partial charge is 0.489 e. The summed E-state index contributed by atoms with van der Waals surface area (Å²) in [6.07, 6.45) is -18.8. The van der Waals surface area contributed by atoms with E-state index in [9.17, 15) is 50.8 Å². The SMILES string of the molecule is COC1CC(C2=C(O[C@@H]3O[C@H](CO[C@@H]4O[C@@H](C)[C@H](O)[C@@H](O)[C@H]4O)[C@H](O)[C@H](O)[C@H]3O)C(=O)C3C(O)CC(O)CC3O2)CCC1O. The zero-order chi connectivity index (χ0) is 32.0. The maximum Gasteiger partial charge on any atom is 0.229 e. The number of allylic oxidation sites excluding steroid dienone is 2. The van der Waals surface area contributed by atoms with Gasteiger partial charge >= 0.3 is 0 Å². The summed E-state index contributed by atoms with van der Waals surface area (Å²) in [5.41, 5.74) is 0. The molecular weight excluding hydrogens is 592 g/mol. The third-order valence-corrected chi connectivity index (χ3v) is 9.43. The van der Waals surface area contributed by atoms with Gasteiger partial charge in [0.2, 0.25) is 17.8 Å². The highest BCUT2D eigenvalue weighted by Gasteiger charge is 2.53. The van der Waals surface area contributed by atoms with E-state index in [-0.39, 0.29) is 30.8 Å². The second-order valence-corrected chi connectivity index (χ2v) is 12.4. The zero-order valence-corrected chi connectivity index (χ0v) is 24.4. The fraction of sp³-hybridized carbons (Fsp3) is 0.893. The molecule has 5 rings (SSSR count). The van der Waals surface area contributed by atoms with Crippen LogP contribution in [0.2, 0.25) is 0 Å². The predicted octanol–water partition coefficient (Wildman–Crippen LogP) is -3.86. The first-order chi connectivity index (χ1) is 20.8. The zero-order valence-electron chi connectivity index (χ0n) is 24.4. The average Bonchev–Trinajstić information content (AvgIpc) is 2.98. The van der Waals surface area contributed by atoms with Crippen molar-refractivity contribution in [2.75, 3.05) is 13.7 Å². The van der Waals surface area contributed by atoms with E-state index in [1.165, 1.54) is 14.0 Å². The Morgan fingerprint density at radius 3 is 2.16 bits per heavy atom. The number of carbonyl (C=O) groups excluding carboxylic acids is 1. The third-order valence-electron chi connectivity index (χ3n) is 9.43. The van der Waals surface area contributed by atoms with Crippen LogP contribution in [-0.2, 0) is 33.2 Å². The molecule has 16 heteroatoms. The molecule has 16 nitrogen and oxygen atoms in total. The smallest absolute Gasteiger partial charge is 0.229 e. The molecule has 2 aliphatic carbocycles. The van der Waals surface area contributed by atoms with Crippen molar-refractivity contribution in [3.8, 4) is 0 Å². The minimum Gasteiger partial charge on any atom is -0.489 e. The first kappa shape index (κ1) is 33.8. The summed E-state index contributed by atoms with van der Waals surface area (Å²) in [5.74, 6) is -2.50. The Hall–Kier alpha value is -1.51. The highest BCUT2D eigenvalue weighted by molar-refractivity contribution is 5.97. The van der Waals surface area contributed by atoms with Crippen LogP contribution in [0.5, 0.6) is 0 Å². The van der Waals surface area contributed by atoms with Gasteiger partial charge in [-0.2, -0.15) is 0 Å². The van der Waals surface area contributed by atoms with Crippen molar-refractivity contribution in [2.24, 2.45) is 11.8 Å². The van der Waals surface area contributed by atoms with E-state index in [1.807, 2.05) is 0 Å². The summed E-state index contributed by atoms with van der Waals surface area (Å²) in [6.45, 7) is 0.923. The number of Topliss-reactive ketones (excluding diaryl/α,β-unsaturated/α-hetero) is 1. The molecule has 0 amide bonds. The van der Waals surface area contributed by atoms with Crippen molar-refractivity contribution in [2.45, 2.75) is 131 Å². The van der Waals surface area contributed by atoms with E-state index >= 15 is 0 Å². The highest BCUT2D eigenvalue weighted by Crippen LogP contribution is 2.43. The number of aliphatic hydroxyl groups is 9. The van der Waals surface area contributed by atoms with Crippen molar-refractivity contribution in [1.29, 1.82) is 0 Å². The van der Waals surface area contributed by atoms with Crippen molar-refractivity contribution in [3.05, 3.63) is 11.5 Å². The second kappa shape index (κ2) is 13.7. The molecule has 3 aliphatic heterocycles. The Bertz CT molecular complexity index is 1040. The van der Waals surface area contributed by atoms with E-state index in [0.717, 1.165) is 0 Å². The van der Waals surface area contributed by atoms with Gasteiger partial charge in [0, 0.05) is 25.9 Å². The first-order valence-corrected chi connectivity index (χ1v) is 15.0. The number of ether oxygens (including phenoxy) is 6. The van der Waals surface area contributed by atoms with E-state index in [4.69, 9.17) is 28.4 Å². The topological polar surface area (TPSA) is 255 Å². The number of hydrogen-bond donors (Lipinski definition) is 9. The standard InChI is InChI=1S/C28H44O16/c1-9-18(32)21(35)23(37)27(41-9)40-8-16-19(33)22(36)24(38)28(43-16)44-26-20(34)17-13(31)6-11(29)7-15(17)42-25(26)10-3-4-12(30)14(5-10)39-2/h9-19,21-24,27-33,35-38H,3-8H2,1-2H3/t9-,10?,11?,12?,13?,14?,15?,16+,17?,18-,19-,21+,22-,23+,24+,27+,28-/m0/s1. The van der Waals surface area contributed by atoms with Crippen LogP contribution in [0.25, 0.3) is 0 Å². The number of fused-ring (bicyclic) bond motifs is 1. The fourth-order valence-corrected chi connectivity index (χ4v) is 6.75. The van der Waals surface area contributed by atoms with Crippen LogP contribution < -0.4 is 0 Å². The Kier molecular flexibility index (Phi) is 10.5. The first-order valence-electron chi connectivity index (χ1n) is 15.0. The van der Waals surface area contributed by atoms with Crippen LogP contribution in [0.4, 0.5) is 0 Å². The van der Waals surface area contributed by atoms with Crippen LogP contribution in [0.1, 0.15) is 39.0 Å². The molecule has 0 spiro atoms. The molecule has 7 unspecified atom stereocenters. The number of carbonyl (C=O) groups is 1. The van der Waals surface area contributed by atoms with Crippen LogP contribution in [0.3, 0.4) is 0 Å². The van der Waals surface area contributed by atoms with E-state index in [1.54, 1.807) is 0 Å². The van der Waals surface area contributed by atoms with E-state index in [2.05, 4.69) is 0 Å². The summed E-state index contributed by atoms with van der Waals surface area (Å²) < 4.78 is 34.2. The normalized spacial score (nSPS) is 50.2. The van der Waals surface area contributed by atoms with Gasteiger partial charge in [0.05, 0.1) is 43.0 Å². The van der Waals surface area contributed by atoms with Gasteiger partial charge in [0.1, 0.15) is 54.6 Å². The monoisotopic (exact) mass is 636 g/mol. The number of methoxy groups -OCH3 is 1. The number of hydrogen-bond acceptors (Lipinski definition) is 16. The van der Waals surface area contributed by atoms with Gasteiger partial charge in [-0.15, -0.1) is 0 Å². The van der Waals surface area contributed by atoms with Gasteiger partial charge in [0.15, 0.2) is 6.29 Å². The number of rotatable bonds is 7. The Balaban J connectivity index is 1.38. The van der Waals surface area contributed by atoms with Gasteiger partial charge < -0.3 is 74.4 Å². The third kappa shape index (κ3) is 6.51. The van der Waals surface area contributed by atoms with Gasteiger partial charge in [0.25, 0.3) is 0 Å².